The van der Waals surface area contributed by atoms with Crippen LogP contribution in [0.5, 0.6) is 0 Å². The lowest BCUT2D eigenvalue weighted by Gasteiger charge is -2.40. The minimum Gasteiger partial charge on any atom is -1.00 e. The van der Waals surface area contributed by atoms with Gasteiger partial charge in [0.1, 0.15) is 6.54 Å². The number of nitrogens with zero attached hydrogens (tertiary/aromatic N) is 1. The lowest BCUT2D eigenvalue weighted by Crippen LogP contribution is -3.00. The fraction of sp³-hybridized carbons (Fsp3) is 0.364. The van der Waals surface area contributed by atoms with Gasteiger partial charge >= 0.3 is 6.03 Å². The van der Waals surface area contributed by atoms with Gasteiger partial charge in [-0.25, -0.2) is 4.79 Å². The maximum absolute atomic E-state index is 12.3. The van der Waals surface area contributed by atoms with Crippen molar-refractivity contribution in [1.82, 2.24) is 5.32 Å². The molecule has 0 atom stereocenters. The predicted molar refractivity (Wildman–Crippen MR) is 118 cm³/mol. The molecule has 3 rings (SSSR count). The molecule has 0 spiro atoms. The summed E-state index contributed by atoms with van der Waals surface area (Å²) in [6.45, 7) is 4.32. The molecule has 0 saturated carbocycles. The maximum Gasteiger partial charge on any atom is 0.319 e. The Morgan fingerprint density at radius 1 is 1.07 bits per heavy atom. The average Bonchev–Trinajstić information content (AvgIpc) is 2.67. The fourth-order valence-corrected chi connectivity index (χ4v) is 4.06. The van der Waals surface area contributed by atoms with Crippen LogP contribution in [0.15, 0.2) is 42.5 Å². The van der Waals surface area contributed by atoms with E-state index in [4.69, 9.17) is 23.2 Å². The molecule has 2 amide bonds. The lowest BCUT2D eigenvalue weighted by molar-refractivity contribution is -0.927. The van der Waals surface area contributed by atoms with Gasteiger partial charge in [0.2, 0.25) is 0 Å². The van der Waals surface area contributed by atoms with E-state index in [1.807, 2.05) is 18.2 Å². The van der Waals surface area contributed by atoms with Crippen molar-refractivity contribution in [3.05, 3.63) is 63.6 Å². The van der Waals surface area contributed by atoms with Gasteiger partial charge in [0.05, 0.1) is 30.2 Å². The second kappa shape index (κ2) is 10.8. The van der Waals surface area contributed by atoms with Gasteiger partial charge in [-0.05, 0) is 31.2 Å². The van der Waals surface area contributed by atoms with Crippen LogP contribution in [0.2, 0.25) is 10.0 Å². The van der Waals surface area contributed by atoms with Gasteiger partial charge in [-0.15, -0.1) is 0 Å². The number of carbonyl (C=O) groups is 2. The number of likely N-dealkylation sites (tertiary alicyclic amines) is 1. The summed E-state index contributed by atoms with van der Waals surface area (Å²) in [4.78, 5) is 23.8. The van der Waals surface area contributed by atoms with Crippen molar-refractivity contribution in [3.8, 4) is 0 Å². The third-order valence-corrected chi connectivity index (χ3v) is 6.18. The highest BCUT2D eigenvalue weighted by Gasteiger charge is 2.31. The van der Waals surface area contributed by atoms with Crippen LogP contribution >= 0.6 is 23.2 Å². The van der Waals surface area contributed by atoms with Crippen molar-refractivity contribution in [3.63, 3.8) is 0 Å². The smallest absolute Gasteiger partial charge is 0.319 e. The molecule has 1 heterocycles. The largest absolute Gasteiger partial charge is 1.00 e. The van der Waals surface area contributed by atoms with Gasteiger partial charge in [0.15, 0.2) is 5.78 Å². The zero-order valence-electron chi connectivity index (χ0n) is 17.1. The Balaban J connectivity index is 0.00000320. The number of piperidine rings is 1. The van der Waals surface area contributed by atoms with Gasteiger partial charge in [0, 0.05) is 35.7 Å². The molecule has 0 radical (unpaired) electrons. The number of rotatable bonds is 5. The molecule has 0 aliphatic carbocycles. The summed E-state index contributed by atoms with van der Waals surface area (Å²) in [5, 5.41) is 7.02. The monoisotopic (exact) mass is 561 g/mol. The molecule has 162 valence electrons. The number of benzene rings is 2. The van der Waals surface area contributed by atoms with E-state index in [9.17, 15) is 9.59 Å². The van der Waals surface area contributed by atoms with E-state index in [2.05, 4.69) is 17.7 Å². The van der Waals surface area contributed by atoms with Crippen molar-refractivity contribution < 1.29 is 38.0 Å². The molecule has 0 aromatic heterocycles. The molecule has 0 bridgehead atoms. The number of urea groups is 1. The summed E-state index contributed by atoms with van der Waals surface area (Å²) in [5.74, 6) is -0.0274. The Morgan fingerprint density at radius 2 is 1.77 bits per heavy atom. The molecule has 1 aliphatic rings. The van der Waals surface area contributed by atoms with Crippen LogP contribution in [0.25, 0.3) is 0 Å². The summed E-state index contributed by atoms with van der Waals surface area (Å²) >= 11 is 12.1. The van der Waals surface area contributed by atoms with Crippen LogP contribution in [-0.2, 0) is 6.54 Å². The zero-order valence-corrected chi connectivity index (χ0v) is 20.7. The number of ketones is 1. The summed E-state index contributed by atoms with van der Waals surface area (Å²) in [7, 11) is 2.23. The summed E-state index contributed by atoms with van der Waals surface area (Å²) in [6.07, 6.45) is 1.80. The SMILES string of the molecule is CC(=O)c1cccc(NC(=O)NC2CC[N+](C)(Cc3ccc(Cl)c(Cl)c3)CC2)c1.[I-]. The first-order valence-electron chi connectivity index (χ1n) is 9.70. The normalized spacial score (nSPS) is 20.7. The second-order valence-corrected chi connectivity index (χ2v) is 8.80. The standard InChI is InChI=1S/C22H25Cl2N3O2.HI/c1-15(28)17-4-3-5-19(13-17)26-22(29)25-18-8-10-27(2,11-9-18)14-16-6-7-20(23)21(24)12-16;/h3-7,12-13,18H,8-11,14H2,1-2H3,(H-,25,26,29);1H. The Kier molecular flexibility index (Phi) is 8.97. The first kappa shape index (κ1) is 24.9. The first-order valence-corrected chi connectivity index (χ1v) is 10.5. The third-order valence-electron chi connectivity index (χ3n) is 5.45. The van der Waals surface area contributed by atoms with Gasteiger partial charge in [-0.2, -0.15) is 0 Å². The van der Waals surface area contributed by atoms with Crippen LogP contribution in [0.4, 0.5) is 10.5 Å². The number of quaternary nitrogens is 1. The van der Waals surface area contributed by atoms with Crippen molar-refractivity contribution >= 4 is 40.7 Å². The number of halogens is 3. The van der Waals surface area contributed by atoms with Crippen molar-refractivity contribution in [2.45, 2.75) is 32.4 Å². The molecule has 8 heteroatoms. The Morgan fingerprint density at radius 3 is 2.40 bits per heavy atom. The molecule has 1 aliphatic heterocycles. The minimum absolute atomic E-state index is 0. The van der Waals surface area contributed by atoms with E-state index < -0.39 is 0 Å². The minimum atomic E-state index is -0.240. The summed E-state index contributed by atoms with van der Waals surface area (Å²) in [6, 6.07) is 12.6. The van der Waals surface area contributed by atoms with Crippen LogP contribution in [-0.4, -0.2) is 42.5 Å². The number of hydrogen-bond donors (Lipinski definition) is 2. The molecule has 1 fully saturated rings. The second-order valence-electron chi connectivity index (χ2n) is 7.98. The van der Waals surface area contributed by atoms with Gasteiger partial charge < -0.3 is 39.1 Å². The van der Waals surface area contributed by atoms with Crippen LogP contribution in [0.1, 0.15) is 35.7 Å². The van der Waals surface area contributed by atoms with E-state index >= 15 is 0 Å². The number of nitrogens with one attached hydrogen (secondary N) is 2. The zero-order chi connectivity index (χ0) is 21.0. The summed E-state index contributed by atoms with van der Waals surface area (Å²) in [5.41, 5.74) is 2.36. The van der Waals surface area contributed by atoms with Gasteiger partial charge in [-0.3, -0.25) is 4.79 Å². The molecular formula is C22H26Cl2IN3O2. The van der Waals surface area contributed by atoms with E-state index in [-0.39, 0.29) is 41.8 Å². The van der Waals surface area contributed by atoms with E-state index in [1.165, 1.54) is 6.92 Å². The molecule has 5 nitrogen and oxygen atoms in total. The topological polar surface area (TPSA) is 58.2 Å². The van der Waals surface area contributed by atoms with Crippen LogP contribution in [0.3, 0.4) is 0 Å². The van der Waals surface area contributed by atoms with Crippen molar-refractivity contribution in [2.24, 2.45) is 0 Å². The quantitative estimate of drug-likeness (QED) is 0.334. The number of amides is 2. The maximum atomic E-state index is 12.3. The van der Waals surface area contributed by atoms with Crippen LogP contribution < -0.4 is 34.6 Å². The molecular weight excluding hydrogens is 536 g/mol. The number of Topliss-reactive ketones (excluding diaryl/α,β-unsaturated/α-hetero) is 1. The number of hydrogen-bond acceptors (Lipinski definition) is 2. The lowest BCUT2D eigenvalue weighted by atomic mass is 10.0. The highest BCUT2D eigenvalue weighted by Crippen LogP contribution is 2.26. The number of carbonyl (C=O) groups excluding carboxylic acids is 2. The van der Waals surface area contributed by atoms with E-state index in [0.29, 0.717) is 21.3 Å². The van der Waals surface area contributed by atoms with Crippen molar-refractivity contribution in [1.29, 1.82) is 0 Å². The molecule has 0 unspecified atom stereocenters. The van der Waals surface area contributed by atoms with Crippen molar-refractivity contribution in [2.75, 3.05) is 25.5 Å². The Hall–Kier alpha value is -1.35. The summed E-state index contributed by atoms with van der Waals surface area (Å²) < 4.78 is 0.901. The first-order chi connectivity index (χ1) is 13.7. The molecule has 1 saturated heterocycles. The highest BCUT2D eigenvalue weighted by molar-refractivity contribution is 6.42. The molecule has 2 aromatic rings. The molecule has 2 aromatic carbocycles. The number of anilines is 1. The van der Waals surface area contributed by atoms with Gasteiger partial charge in [0.25, 0.3) is 0 Å². The fourth-order valence-electron chi connectivity index (χ4n) is 3.74. The van der Waals surface area contributed by atoms with E-state index in [1.54, 1.807) is 24.3 Å². The molecule has 30 heavy (non-hydrogen) atoms. The highest BCUT2D eigenvalue weighted by atomic mass is 127. The molecule has 2 N–H and O–H groups in total. The predicted octanol–water partition coefficient (Wildman–Crippen LogP) is 2.13. The Bertz CT molecular complexity index is 915. The third kappa shape index (κ3) is 6.83. The average molecular weight is 562 g/mol. The Labute approximate surface area is 204 Å². The van der Waals surface area contributed by atoms with E-state index in [0.717, 1.165) is 42.5 Å². The van der Waals surface area contributed by atoms with Gasteiger partial charge in [-0.1, -0.05) is 41.4 Å². The van der Waals surface area contributed by atoms with Crippen LogP contribution in [0, 0.1) is 0 Å².